The van der Waals surface area contributed by atoms with E-state index in [4.69, 9.17) is 15.9 Å². The van der Waals surface area contributed by atoms with Crippen molar-refractivity contribution in [3.63, 3.8) is 0 Å². The zero-order chi connectivity index (χ0) is 15.3. The van der Waals surface area contributed by atoms with E-state index in [1.165, 1.54) is 19.2 Å². The quantitative estimate of drug-likeness (QED) is 0.507. The molecule has 1 aromatic carbocycles. The molecule has 0 radical (unpaired) electrons. The number of nitrogens with two attached hydrogens (primary N) is 1. The summed E-state index contributed by atoms with van der Waals surface area (Å²) in [5.74, 6) is -0.905. The maximum Gasteiger partial charge on any atom is 0.496 e. The Balaban J connectivity index is 2.67. The molecular formula is C11H12F3N3O3. The van der Waals surface area contributed by atoms with E-state index < -0.39 is 23.3 Å². The van der Waals surface area contributed by atoms with Gasteiger partial charge in [-0.05, 0) is 17.7 Å². The third-order valence-electron chi connectivity index (χ3n) is 2.20. The minimum absolute atomic E-state index is 0.386. The van der Waals surface area contributed by atoms with Gasteiger partial charge in [0, 0.05) is 0 Å². The molecule has 0 aliphatic rings. The second-order valence-electron chi connectivity index (χ2n) is 3.59. The maximum atomic E-state index is 12.4. The highest BCUT2D eigenvalue weighted by molar-refractivity contribution is 5.91. The molecule has 9 heteroatoms. The smallest absolute Gasteiger partial charge is 0.496 e. The summed E-state index contributed by atoms with van der Waals surface area (Å²) >= 11 is 0. The van der Waals surface area contributed by atoms with Gasteiger partial charge < -0.3 is 15.2 Å². The number of ether oxygens (including phenoxy) is 2. The third kappa shape index (κ3) is 4.04. The number of rotatable bonds is 3. The van der Waals surface area contributed by atoms with Crippen LogP contribution >= 0.6 is 0 Å². The molecule has 0 saturated carbocycles. The molecule has 20 heavy (non-hydrogen) atoms. The summed E-state index contributed by atoms with van der Waals surface area (Å²) in [6.45, 7) is -0.386. The van der Waals surface area contributed by atoms with Crippen LogP contribution in [0, 0.1) is 5.41 Å². The van der Waals surface area contributed by atoms with Gasteiger partial charge in [0.15, 0.2) is 0 Å². The number of nitrogens with zero attached hydrogens (tertiary/aromatic N) is 1. The lowest BCUT2D eigenvalue weighted by Crippen LogP contribution is -2.50. The third-order valence-corrected chi connectivity index (χ3v) is 2.20. The first-order valence-corrected chi connectivity index (χ1v) is 5.26. The van der Waals surface area contributed by atoms with Crippen molar-refractivity contribution in [3.8, 4) is 5.75 Å². The van der Waals surface area contributed by atoms with E-state index in [0.29, 0.717) is 11.3 Å². The minimum atomic E-state index is -5.11. The molecule has 1 amide bonds. The number of methoxy groups -OCH3 is 1. The highest BCUT2D eigenvalue weighted by Crippen LogP contribution is 2.22. The van der Waals surface area contributed by atoms with E-state index in [2.05, 4.69) is 4.74 Å². The highest BCUT2D eigenvalue weighted by atomic mass is 19.4. The largest absolute Gasteiger partial charge is 0.497 e. The van der Waals surface area contributed by atoms with E-state index in [-0.39, 0.29) is 6.61 Å². The number of alkyl halides is 3. The molecule has 0 atom stereocenters. The van der Waals surface area contributed by atoms with Crippen LogP contribution in [0.25, 0.3) is 0 Å². The predicted octanol–water partition coefficient (Wildman–Crippen LogP) is 2.05. The van der Waals surface area contributed by atoms with Crippen molar-refractivity contribution in [1.82, 2.24) is 4.90 Å². The van der Waals surface area contributed by atoms with E-state index in [1.54, 1.807) is 12.1 Å². The highest BCUT2D eigenvalue weighted by Gasteiger charge is 2.44. The molecule has 0 bridgehead atoms. The molecular weight excluding hydrogens is 279 g/mol. The summed E-state index contributed by atoms with van der Waals surface area (Å²) in [5, 5.41) is 6.74. The molecule has 0 saturated heterocycles. The molecule has 3 N–H and O–H groups in total. The van der Waals surface area contributed by atoms with E-state index >= 15 is 0 Å². The fourth-order valence-electron chi connectivity index (χ4n) is 1.27. The van der Waals surface area contributed by atoms with Gasteiger partial charge in [-0.2, -0.15) is 4.90 Å². The van der Waals surface area contributed by atoms with Gasteiger partial charge in [-0.15, -0.1) is 13.2 Å². The summed E-state index contributed by atoms with van der Waals surface area (Å²) in [6, 6.07) is 6.18. The molecule has 1 aromatic rings. The number of carbonyl (C=O) groups excluding carboxylic acids is 1. The molecule has 0 heterocycles. The summed E-state index contributed by atoms with van der Waals surface area (Å²) in [7, 11) is 1.46. The van der Waals surface area contributed by atoms with Crippen LogP contribution in [0.1, 0.15) is 5.56 Å². The van der Waals surface area contributed by atoms with Gasteiger partial charge in [0.25, 0.3) is 0 Å². The first-order valence-electron chi connectivity index (χ1n) is 5.26. The van der Waals surface area contributed by atoms with E-state index in [0.717, 1.165) is 0 Å². The Labute approximate surface area is 112 Å². The second kappa shape index (κ2) is 6.13. The number of guanidine groups is 1. The molecule has 0 aliphatic heterocycles. The Morgan fingerprint density at radius 3 is 2.30 bits per heavy atom. The number of amides is 1. The summed E-state index contributed by atoms with van der Waals surface area (Å²) in [6.07, 6.45) is -6.87. The van der Waals surface area contributed by atoms with Crippen molar-refractivity contribution in [2.75, 3.05) is 7.11 Å². The van der Waals surface area contributed by atoms with Gasteiger partial charge >= 0.3 is 12.4 Å². The summed E-state index contributed by atoms with van der Waals surface area (Å²) in [4.78, 5) is 10.4. The molecule has 6 nitrogen and oxygen atoms in total. The number of nitrogens with one attached hydrogen (secondary N) is 1. The number of halogens is 3. The van der Waals surface area contributed by atoms with E-state index in [9.17, 15) is 18.0 Å². The molecule has 1 rings (SSSR count). The SMILES string of the molecule is COc1ccc(COC(=O)N(C(=N)N)C(F)(F)F)cc1. The minimum Gasteiger partial charge on any atom is -0.497 e. The van der Waals surface area contributed by atoms with Crippen molar-refractivity contribution in [3.05, 3.63) is 29.8 Å². The number of hydrogen-bond acceptors (Lipinski definition) is 4. The van der Waals surface area contributed by atoms with Crippen LogP contribution in [0.2, 0.25) is 0 Å². The standard InChI is InChI=1S/C11H12F3N3O3/c1-19-8-4-2-7(3-5-8)6-20-10(18)17(9(15)16)11(12,13)14/h2-5H,6H2,1H3,(H3,15,16). The van der Waals surface area contributed by atoms with Crippen molar-refractivity contribution in [1.29, 1.82) is 5.41 Å². The summed E-state index contributed by atoms with van der Waals surface area (Å²) < 4.78 is 46.7. The molecule has 0 aromatic heterocycles. The Bertz CT molecular complexity index is 488. The lowest BCUT2D eigenvalue weighted by molar-refractivity contribution is -0.205. The Morgan fingerprint density at radius 2 is 1.90 bits per heavy atom. The van der Waals surface area contributed by atoms with Crippen LogP contribution in [0.4, 0.5) is 18.0 Å². The Morgan fingerprint density at radius 1 is 1.35 bits per heavy atom. The Kier molecular flexibility index (Phi) is 4.78. The van der Waals surface area contributed by atoms with Crippen molar-refractivity contribution in [2.24, 2.45) is 5.73 Å². The topological polar surface area (TPSA) is 88.6 Å². The number of benzene rings is 1. The molecule has 0 fully saturated rings. The number of hydrogen-bond donors (Lipinski definition) is 2. The van der Waals surface area contributed by atoms with Crippen molar-refractivity contribution < 1.29 is 27.4 Å². The van der Waals surface area contributed by atoms with E-state index in [1.807, 2.05) is 0 Å². The molecule has 110 valence electrons. The lowest BCUT2D eigenvalue weighted by Gasteiger charge is -2.22. The fraction of sp³-hybridized carbons (Fsp3) is 0.273. The predicted molar refractivity (Wildman–Crippen MR) is 63.0 cm³/mol. The Hall–Kier alpha value is -2.45. The van der Waals surface area contributed by atoms with Crippen molar-refractivity contribution in [2.45, 2.75) is 12.9 Å². The van der Waals surface area contributed by atoms with Gasteiger partial charge in [-0.25, -0.2) is 4.79 Å². The van der Waals surface area contributed by atoms with Crippen LogP contribution in [0.5, 0.6) is 5.75 Å². The fourth-order valence-corrected chi connectivity index (χ4v) is 1.27. The van der Waals surface area contributed by atoms with Crippen molar-refractivity contribution >= 4 is 12.1 Å². The zero-order valence-electron chi connectivity index (χ0n) is 10.4. The van der Waals surface area contributed by atoms with Crippen LogP contribution in [-0.4, -0.2) is 30.4 Å². The lowest BCUT2D eigenvalue weighted by atomic mass is 10.2. The van der Waals surface area contributed by atoms with Gasteiger partial charge in [0.2, 0.25) is 5.96 Å². The van der Waals surface area contributed by atoms with Crippen LogP contribution < -0.4 is 10.5 Å². The first-order chi connectivity index (χ1) is 9.25. The summed E-state index contributed by atoms with van der Waals surface area (Å²) in [5.41, 5.74) is 5.17. The molecule has 0 spiro atoms. The molecule has 0 unspecified atom stereocenters. The molecule has 0 aliphatic carbocycles. The number of carbonyl (C=O) groups is 1. The second-order valence-corrected chi connectivity index (χ2v) is 3.59. The van der Waals surface area contributed by atoms with Gasteiger partial charge in [-0.3, -0.25) is 5.41 Å². The monoisotopic (exact) mass is 291 g/mol. The van der Waals surface area contributed by atoms with Crippen LogP contribution in [0.15, 0.2) is 24.3 Å². The average molecular weight is 291 g/mol. The van der Waals surface area contributed by atoms with Gasteiger partial charge in [0.1, 0.15) is 12.4 Å². The first kappa shape index (κ1) is 15.6. The maximum absolute atomic E-state index is 12.4. The average Bonchev–Trinajstić information content (AvgIpc) is 2.34. The zero-order valence-corrected chi connectivity index (χ0v) is 10.4. The van der Waals surface area contributed by atoms with Crippen LogP contribution in [-0.2, 0) is 11.3 Å². The van der Waals surface area contributed by atoms with Gasteiger partial charge in [-0.1, -0.05) is 12.1 Å². The van der Waals surface area contributed by atoms with Crippen LogP contribution in [0.3, 0.4) is 0 Å². The van der Waals surface area contributed by atoms with Gasteiger partial charge in [0.05, 0.1) is 7.11 Å². The normalized spacial score (nSPS) is 10.8.